The molecule has 0 saturated carbocycles. The second kappa shape index (κ2) is 5.95. The van der Waals surface area contributed by atoms with Crippen molar-refractivity contribution in [2.45, 2.75) is 26.3 Å². The molecule has 7 heteroatoms. The SMILES string of the molecule is CC1CSC(Nc2ccc(OC(F)(F)F)cc2)=NC1C. The molecule has 1 aromatic rings. The minimum Gasteiger partial charge on any atom is -0.406 e. The van der Waals surface area contributed by atoms with Crippen LogP contribution in [-0.4, -0.2) is 23.3 Å². The monoisotopic (exact) mass is 304 g/mol. The molecule has 0 aliphatic carbocycles. The number of nitrogens with one attached hydrogen (secondary N) is 1. The molecule has 0 amide bonds. The number of thioether (sulfide) groups is 1. The third-order valence-electron chi connectivity index (χ3n) is 2.97. The van der Waals surface area contributed by atoms with E-state index in [2.05, 4.69) is 22.0 Å². The summed E-state index contributed by atoms with van der Waals surface area (Å²) in [5.41, 5.74) is 0.688. The highest BCUT2D eigenvalue weighted by molar-refractivity contribution is 8.14. The maximum atomic E-state index is 12.0. The van der Waals surface area contributed by atoms with Gasteiger partial charge in [0.15, 0.2) is 5.17 Å². The molecule has 0 bridgehead atoms. The van der Waals surface area contributed by atoms with Gasteiger partial charge in [-0.05, 0) is 37.1 Å². The van der Waals surface area contributed by atoms with Gasteiger partial charge in [-0.3, -0.25) is 4.99 Å². The Morgan fingerprint density at radius 1 is 1.25 bits per heavy atom. The molecule has 2 rings (SSSR count). The number of alkyl halides is 3. The van der Waals surface area contributed by atoms with Crippen molar-refractivity contribution in [3.63, 3.8) is 0 Å². The highest BCUT2D eigenvalue weighted by Crippen LogP contribution is 2.26. The van der Waals surface area contributed by atoms with E-state index in [9.17, 15) is 13.2 Å². The van der Waals surface area contributed by atoms with Gasteiger partial charge in [0.2, 0.25) is 0 Å². The summed E-state index contributed by atoms with van der Waals surface area (Å²) in [7, 11) is 0. The van der Waals surface area contributed by atoms with Crippen LogP contribution in [0, 0.1) is 5.92 Å². The lowest BCUT2D eigenvalue weighted by atomic mass is 10.1. The summed E-state index contributed by atoms with van der Waals surface area (Å²) in [4.78, 5) is 4.50. The van der Waals surface area contributed by atoms with Crippen molar-refractivity contribution in [3.05, 3.63) is 24.3 Å². The van der Waals surface area contributed by atoms with Gasteiger partial charge < -0.3 is 10.1 Å². The molecule has 0 fully saturated rings. The van der Waals surface area contributed by atoms with Crippen molar-refractivity contribution in [2.75, 3.05) is 11.1 Å². The van der Waals surface area contributed by atoms with Crippen molar-refractivity contribution in [1.82, 2.24) is 0 Å². The molecule has 2 unspecified atom stereocenters. The molecule has 0 saturated heterocycles. The summed E-state index contributed by atoms with van der Waals surface area (Å²) in [6, 6.07) is 5.86. The maximum Gasteiger partial charge on any atom is 0.573 e. The number of hydrogen-bond donors (Lipinski definition) is 1. The van der Waals surface area contributed by atoms with Crippen LogP contribution in [0.5, 0.6) is 5.75 Å². The molecule has 110 valence electrons. The first-order valence-corrected chi connectivity index (χ1v) is 7.15. The maximum absolute atomic E-state index is 12.0. The number of amidine groups is 1. The highest BCUT2D eigenvalue weighted by Gasteiger charge is 2.31. The van der Waals surface area contributed by atoms with Crippen LogP contribution in [0.25, 0.3) is 0 Å². The Morgan fingerprint density at radius 2 is 1.90 bits per heavy atom. The van der Waals surface area contributed by atoms with E-state index in [0.717, 1.165) is 10.9 Å². The fourth-order valence-electron chi connectivity index (χ4n) is 1.63. The van der Waals surface area contributed by atoms with Crippen LogP contribution in [0.3, 0.4) is 0 Å². The topological polar surface area (TPSA) is 33.6 Å². The first-order chi connectivity index (χ1) is 9.33. The van der Waals surface area contributed by atoms with Crippen molar-refractivity contribution in [1.29, 1.82) is 0 Å². The second-order valence-electron chi connectivity index (χ2n) is 4.66. The Hall–Kier alpha value is -1.37. The summed E-state index contributed by atoms with van der Waals surface area (Å²) in [6.45, 7) is 4.19. The number of rotatable bonds is 2. The van der Waals surface area contributed by atoms with E-state index in [1.54, 1.807) is 11.8 Å². The minimum atomic E-state index is -4.66. The van der Waals surface area contributed by atoms with Gasteiger partial charge in [0, 0.05) is 11.4 Å². The average molecular weight is 304 g/mol. The van der Waals surface area contributed by atoms with Gasteiger partial charge in [0.1, 0.15) is 5.75 Å². The summed E-state index contributed by atoms with van der Waals surface area (Å²) in [5, 5.41) is 3.89. The predicted molar refractivity (Wildman–Crippen MR) is 75.3 cm³/mol. The first kappa shape index (κ1) is 15.0. The lowest BCUT2D eigenvalue weighted by Crippen LogP contribution is -2.25. The number of ether oxygens (including phenoxy) is 1. The van der Waals surface area contributed by atoms with Gasteiger partial charge in [-0.1, -0.05) is 18.7 Å². The van der Waals surface area contributed by atoms with E-state index in [1.807, 2.05) is 6.92 Å². The largest absolute Gasteiger partial charge is 0.573 e. The van der Waals surface area contributed by atoms with Crippen molar-refractivity contribution < 1.29 is 17.9 Å². The number of halogens is 3. The van der Waals surface area contributed by atoms with E-state index in [4.69, 9.17) is 0 Å². The number of aliphatic imine (C=N–C) groups is 1. The summed E-state index contributed by atoms with van der Waals surface area (Å²) < 4.78 is 39.9. The standard InChI is InChI=1S/C13H15F3N2OS/c1-8-7-20-12(17-9(8)2)18-10-3-5-11(6-4-10)19-13(14,15)16/h3-6,8-9H,7H2,1-2H3,(H,17,18). The molecule has 0 aromatic heterocycles. The Bertz CT molecular complexity index is 487. The van der Waals surface area contributed by atoms with Crippen molar-refractivity contribution >= 4 is 22.6 Å². The van der Waals surface area contributed by atoms with E-state index < -0.39 is 6.36 Å². The summed E-state index contributed by atoms with van der Waals surface area (Å²) in [6.07, 6.45) is -4.66. The normalized spacial score (nSPS) is 23.1. The van der Waals surface area contributed by atoms with Gasteiger partial charge in [-0.2, -0.15) is 0 Å². The molecule has 1 heterocycles. The Morgan fingerprint density at radius 3 is 2.45 bits per heavy atom. The molecule has 1 aliphatic heterocycles. The smallest absolute Gasteiger partial charge is 0.406 e. The molecular formula is C13H15F3N2OS. The molecule has 1 aliphatic rings. The Labute approximate surface area is 119 Å². The Kier molecular flexibility index (Phi) is 4.47. The molecule has 1 N–H and O–H groups in total. The Balaban J connectivity index is 1.99. The molecular weight excluding hydrogens is 289 g/mol. The first-order valence-electron chi connectivity index (χ1n) is 6.17. The number of hydrogen-bond acceptors (Lipinski definition) is 4. The summed E-state index contributed by atoms with van der Waals surface area (Å²) >= 11 is 1.61. The van der Waals surface area contributed by atoms with Crippen LogP contribution >= 0.6 is 11.8 Å². The fraction of sp³-hybridized carbons (Fsp3) is 0.462. The van der Waals surface area contributed by atoms with Crippen LogP contribution in [0.1, 0.15) is 13.8 Å². The van der Waals surface area contributed by atoms with Crippen LogP contribution in [0.15, 0.2) is 29.3 Å². The third kappa shape index (κ3) is 4.33. The number of anilines is 1. The van der Waals surface area contributed by atoms with E-state index in [0.29, 0.717) is 11.6 Å². The molecule has 2 atom stereocenters. The predicted octanol–water partition coefficient (Wildman–Crippen LogP) is 4.12. The third-order valence-corrected chi connectivity index (χ3v) is 4.14. The lowest BCUT2D eigenvalue weighted by Gasteiger charge is -2.23. The van der Waals surface area contributed by atoms with Crippen molar-refractivity contribution in [3.8, 4) is 5.75 Å². The molecule has 0 spiro atoms. The van der Waals surface area contributed by atoms with E-state index in [1.165, 1.54) is 24.3 Å². The zero-order valence-corrected chi connectivity index (χ0v) is 11.9. The zero-order valence-electron chi connectivity index (χ0n) is 11.1. The number of benzene rings is 1. The minimum absolute atomic E-state index is 0.233. The number of nitrogens with zero attached hydrogens (tertiary/aromatic N) is 1. The quantitative estimate of drug-likeness (QED) is 0.892. The average Bonchev–Trinajstić information content (AvgIpc) is 2.35. The van der Waals surface area contributed by atoms with E-state index >= 15 is 0 Å². The second-order valence-corrected chi connectivity index (χ2v) is 5.67. The molecule has 1 aromatic carbocycles. The highest BCUT2D eigenvalue weighted by atomic mass is 32.2. The van der Waals surface area contributed by atoms with Gasteiger partial charge in [-0.15, -0.1) is 13.2 Å². The van der Waals surface area contributed by atoms with Gasteiger partial charge >= 0.3 is 6.36 Å². The van der Waals surface area contributed by atoms with Crippen LogP contribution in [-0.2, 0) is 0 Å². The zero-order chi connectivity index (χ0) is 14.8. The van der Waals surface area contributed by atoms with Gasteiger partial charge in [0.05, 0.1) is 6.04 Å². The lowest BCUT2D eigenvalue weighted by molar-refractivity contribution is -0.274. The van der Waals surface area contributed by atoms with Gasteiger partial charge in [-0.25, -0.2) is 0 Å². The summed E-state index contributed by atoms with van der Waals surface area (Å²) in [5.74, 6) is 1.26. The fourth-order valence-corrected chi connectivity index (χ4v) is 2.76. The van der Waals surface area contributed by atoms with Crippen LogP contribution < -0.4 is 10.1 Å². The van der Waals surface area contributed by atoms with Crippen LogP contribution in [0.4, 0.5) is 18.9 Å². The molecule has 0 radical (unpaired) electrons. The van der Waals surface area contributed by atoms with E-state index in [-0.39, 0.29) is 11.8 Å². The van der Waals surface area contributed by atoms with Gasteiger partial charge in [0.25, 0.3) is 0 Å². The molecule has 3 nitrogen and oxygen atoms in total. The molecule has 20 heavy (non-hydrogen) atoms. The van der Waals surface area contributed by atoms with Crippen LogP contribution in [0.2, 0.25) is 0 Å². The van der Waals surface area contributed by atoms with Crippen molar-refractivity contribution in [2.24, 2.45) is 10.9 Å².